The van der Waals surface area contributed by atoms with E-state index in [9.17, 15) is 9.59 Å². The Morgan fingerprint density at radius 2 is 2.30 bits per heavy atom. The van der Waals surface area contributed by atoms with Gasteiger partial charge in [-0.05, 0) is 6.42 Å². The minimum absolute atomic E-state index is 0. The van der Waals surface area contributed by atoms with Crippen molar-refractivity contribution >= 4 is 24.2 Å². The Bertz CT molecular complexity index is 195. The normalized spacial score (nSPS) is 33.9. The molecule has 0 spiro atoms. The molecule has 1 aliphatic heterocycles. The van der Waals surface area contributed by atoms with Crippen LogP contribution >= 0.6 is 12.4 Å². The molecule has 1 saturated heterocycles. The van der Waals surface area contributed by atoms with Crippen molar-refractivity contribution in [3.8, 4) is 0 Å². The molecule has 0 saturated carbocycles. The van der Waals surface area contributed by atoms with Gasteiger partial charge in [0, 0.05) is 6.42 Å². The standard InChI is InChI=1S/C5H8N2O2.ClH/c6-3-1-2-4(8)7-5(3)9;/h3H,1-2,6H2,(H,7,8,9);1H/t3-;/m0./s1/i3D;. The van der Waals surface area contributed by atoms with Gasteiger partial charge in [0.1, 0.15) is 0 Å². The first-order valence-electron chi connectivity index (χ1n) is 3.15. The summed E-state index contributed by atoms with van der Waals surface area (Å²) in [5.41, 5.74) is 5.19. The number of nitrogens with two attached hydrogens (primary N) is 1. The van der Waals surface area contributed by atoms with E-state index in [1.165, 1.54) is 0 Å². The van der Waals surface area contributed by atoms with Crippen LogP contribution in [0.1, 0.15) is 14.2 Å². The maximum absolute atomic E-state index is 10.7. The SMILES string of the molecule is Cl.[2H][C@]1(N)CCC(=O)NC1=O. The second-order valence-electron chi connectivity index (χ2n) is 1.90. The lowest BCUT2D eigenvalue weighted by atomic mass is 10.1. The first-order chi connectivity index (χ1) is 4.52. The van der Waals surface area contributed by atoms with Gasteiger partial charge in [0.05, 0.1) is 7.39 Å². The Morgan fingerprint density at radius 3 is 2.70 bits per heavy atom. The molecule has 10 heavy (non-hydrogen) atoms. The minimum Gasteiger partial charge on any atom is -0.320 e. The van der Waals surface area contributed by atoms with Crippen LogP contribution in [0.25, 0.3) is 0 Å². The first kappa shape index (κ1) is 7.50. The molecule has 1 atom stereocenters. The second-order valence-corrected chi connectivity index (χ2v) is 1.90. The van der Waals surface area contributed by atoms with Crippen LogP contribution in [0, 0.1) is 0 Å². The fourth-order valence-corrected chi connectivity index (χ4v) is 0.631. The number of imide groups is 1. The number of hydrogen-bond donors (Lipinski definition) is 2. The van der Waals surface area contributed by atoms with Crippen LogP contribution in [0.2, 0.25) is 0 Å². The third-order valence-electron chi connectivity index (χ3n) is 1.17. The molecule has 3 N–H and O–H groups in total. The van der Waals surface area contributed by atoms with Gasteiger partial charge < -0.3 is 5.73 Å². The molecule has 0 aromatic rings. The smallest absolute Gasteiger partial charge is 0.243 e. The highest BCUT2D eigenvalue weighted by molar-refractivity contribution is 6.00. The Hall–Kier alpha value is -0.610. The number of hydrogen-bond acceptors (Lipinski definition) is 3. The molecule has 1 fully saturated rings. The van der Waals surface area contributed by atoms with Gasteiger partial charge in [-0.2, -0.15) is 0 Å². The number of piperidine rings is 1. The van der Waals surface area contributed by atoms with E-state index in [1.54, 1.807) is 0 Å². The van der Waals surface area contributed by atoms with Gasteiger partial charge in [0.2, 0.25) is 11.8 Å². The van der Waals surface area contributed by atoms with Crippen molar-refractivity contribution in [2.45, 2.75) is 18.9 Å². The topological polar surface area (TPSA) is 72.2 Å². The van der Waals surface area contributed by atoms with Crippen LogP contribution in [0.15, 0.2) is 0 Å². The molecule has 1 rings (SSSR count). The Balaban J connectivity index is 0.000001000. The average molecular weight is 166 g/mol. The van der Waals surface area contributed by atoms with Crippen LogP contribution in [-0.2, 0) is 9.59 Å². The summed E-state index contributed by atoms with van der Waals surface area (Å²) in [6.45, 7) is 0. The number of halogens is 1. The summed E-state index contributed by atoms with van der Waals surface area (Å²) in [6.07, 6.45) is 0.267. The van der Waals surface area contributed by atoms with Crippen molar-refractivity contribution < 1.29 is 11.0 Å². The monoisotopic (exact) mass is 165 g/mol. The summed E-state index contributed by atoms with van der Waals surface area (Å²) in [5.74, 6) is -1.05. The highest BCUT2D eigenvalue weighted by Crippen LogP contribution is 2.00. The third kappa shape index (κ3) is 1.97. The molecular formula is C5H9ClN2O2. The molecule has 0 aliphatic carbocycles. The Morgan fingerprint density at radius 1 is 1.70 bits per heavy atom. The van der Waals surface area contributed by atoms with Crippen LogP contribution in [0.3, 0.4) is 0 Å². The highest BCUT2D eigenvalue weighted by Gasteiger charge is 2.22. The van der Waals surface area contributed by atoms with Crippen LogP contribution in [-0.4, -0.2) is 17.8 Å². The molecule has 4 nitrogen and oxygen atoms in total. The summed E-state index contributed by atoms with van der Waals surface area (Å²) in [7, 11) is 0. The molecule has 1 aliphatic rings. The molecule has 0 radical (unpaired) electrons. The predicted molar refractivity (Wildman–Crippen MR) is 37.6 cm³/mol. The van der Waals surface area contributed by atoms with Crippen LogP contribution in [0.5, 0.6) is 0 Å². The Kier molecular flexibility index (Phi) is 2.65. The van der Waals surface area contributed by atoms with E-state index in [1.807, 2.05) is 5.32 Å². The third-order valence-corrected chi connectivity index (χ3v) is 1.17. The molecule has 1 heterocycles. The zero-order valence-electron chi connectivity index (χ0n) is 6.22. The van der Waals surface area contributed by atoms with E-state index in [-0.39, 0.29) is 31.2 Å². The minimum atomic E-state index is -1.60. The molecule has 0 bridgehead atoms. The summed E-state index contributed by atoms with van der Waals surface area (Å²) < 4.78 is 7.14. The molecule has 0 unspecified atom stereocenters. The van der Waals surface area contributed by atoms with Gasteiger partial charge in [-0.1, -0.05) is 0 Å². The van der Waals surface area contributed by atoms with Crippen LogP contribution in [0.4, 0.5) is 0 Å². The van der Waals surface area contributed by atoms with Crippen molar-refractivity contribution in [3.05, 3.63) is 0 Å². The van der Waals surface area contributed by atoms with Gasteiger partial charge >= 0.3 is 0 Å². The number of carbonyl (C=O) groups excluding carboxylic acids is 2. The van der Waals surface area contributed by atoms with Gasteiger partial charge in [-0.25, -0.2) is 0 Å². The number of rotatable bonds is 0. The first-order valence-corrected chi connectivity index (χ1v) is 2.65. The summed E-state index contributed by atoms with van der Waals surface area (Å²) in [4.78, 5) is 21.2. The number of nitrogens with one attached hydrogen (secondary N) is 1. The van der Waals surface area contributed by atoms with Gasteiger partial charge in [0.25, 0.3) is 0 Å². The van der Waals surface area contributed by atoms with E-state index in [2.05, 4.69) is 0 Å². The van der Waals surface area contributed by atoms with Crippen molar-refractivity contribution in [1.82, 2.24) is 5.32 Å². The van der Waals surface area contributed by atoms with E-state index in [0.717, 1.165) is 0 Å². The fraction of sp³-hybridized carbons (Fsp3) is 0.600. The Labute approximate surface area is 66.0 Å². The van der Waals surface area contributed by atoms with E-state index in [4.69, 9.17) is 7.10 Å². The van der Waals surface area contributed by atoms with E-state index >= 15 is 0 Å². The van der Waals surface area contributed by atoms with Gasteiger partial charge in [0.15, 0.2) is 0 Å². The highest BCUT2D eigenvalue weighted by atomic mass is 35.5. The second kappa shape index (κ2) is 3.53. The maximum Gasteiger partial charge on any atom is 0.243 e. The van der Waals surface area contributed by atoms with Crippen molar-refractivity contribution in [3.63, 3.8) is 0 Å². The molecule has 2 amide bonds. The lowest BCUT2D eigenvalue weighted by Crippen LogP contribution is -2.48. The van der Waals surface area contributed by atoms with Crippen LogP contribution < -0.4 is 11.1 Å². The quantitative estimate of drug-likeness (QED) is 0.461. The molecule has 0 aromatic carbocycles. The lowest BCUT2D eigenvalue weighted by Gasteiger charge is -2.15. The zero-order valence-corrected chi connectivity index (χ0v) is 6.03. The van der Waals surface area contributed by atoms with Crippen molar-refractivity contribution in [1.29, 1.82) is 0 Å². The van der Waals surface area contributed by atoms with Crippen molar-refractivity contribution in [2.24, 2.45) is 5.73 Å². The van der Waals surface area contributed by atoms with E-state index < -0.39 is 11.9 Å². The van der Waals surface area contributed by atoms with Crippen molar-refractivity contribution in [2.75, 3.05) is 0 Å². The largest absolute Gasteiger partial charge is 0.320 e. The van der Waals surface area contributed by atoms with E-state index in [0.29, 0.717) is 0 Å². The number of amides is 2. The summed E-state index contributed by atoms with van der Waals surface area (Å²) in [5, 5.41) is 1.98. The fourth-order valence-electron chi connectivity index (χ4n) is 0.631. The molecular weight excluding hydrogens is 156 g/mol. The lowest BCUT2D eigenvalue weighted by molar-refractivity contribution is -0.134. The number of carbonyl (C=O) groups is 2. The molecule has 58 valence electrons. The van der Waals surface area contributed by atoms with Gasteiger partial charge in [-0.15, -0.1) is 12.4 Å². The van der Waals surface area contributed by atoms with Gasteiger partial charge in [-0.3, -0.25) is 14.9 Å². The average Bonchev–Trinajstić information content (AvgIpc) is 1.81. The molecule has 5 heteroatoms. The maximum atomic E-state index is 10.7. The zero-order chi connectivity index (χ0) is 7.78. The molecule has 0 aromatic heterocycles. The summed E-state index contributed by atoms with van der Waals surface area (Å²) in [6, 6.07) is -1.60. The summed E-state index contributed by atoms with van der Waals surface area (Å²) >= 11 is 0. The predicted octanol–water partition coefficient (Wildman–Crippen LogP) is -0.828.